The molecule has 0 fully saturated rings. The predicted octanol–water partition coefficient (Wildman–Crippen LogP) is 3.39. The zero-order chi connectivity index (χ0) is 21.5. The molecule has 0 saturated heterocycles. The normalized spacial score (nSPS) is 11.5. The average Bonchev–Trinajstić information content (AvgIpc) is 3.08. The molecule has 0 unspecified atom stereocenters. The number of unbranched alkanes of at least 4 members (excludes halogenated alkanes) is 1. The van der Waals surface area contributed by atoms with Crippen molar-refractivity contribution in [3.63, 3.8) is 0 Å². The number of hydrogen-bond acceptors (Lipinski definition) is 6. The minimum atomic E-state index is -0.307. The van der Waals surface area contributed by atoms with E-state index in [1.807, 2.05) is 56.3 Å². The Kier molecular flexibility index (Phi) is 7.00. The van der Waals surface area contributed by atoms with Crippen LogP contribution in [0.5, 0.6) is 5.75 Å². The Morgan fingerprint density at radius 1 is 1.17 bits per heavy atom. The van der Waals surface area contributed by atoms with Crippen LogP contribution in [-0.2, 0) is 18.5 Å². The highest BCUT2D eigenvalue weighted by Gasteiger charge is 2.12. The van der Waals surface area contributed by atoms with Gasteiger partial charge in [-0.25, -0.2) is 4.79 Å². The van der Waals surface area contributed by atoms with Crippen LogP contribution < -0.4 is 10.4 Å². The summed E-state index contributed by atoms with van der Waals surface area (Å²) in [5, 5.41) is 11.9. The maximum absolute atomic E-state index is 12.2. The van der Waals surface area contributed by atoms with E-state index in [4.69, 9.17) is 9.57 Å². The van der Waals surface area contributed by atoms with E-state index < -0.39 is 0 Å². The fraction of sp³-hybridized carbons (Fsp3) is 0.364. The van der Waals surface area contributed by atoms with Gasteiger partial charge in [-0.15, -0.1) is 0 Å². The van der Waals surface area contributed by atoms with Gasteiger partial charge in [0.1, 0.15) is 19.0 Å². The Morgan fingerprint density at radius 2 is 1.97 bits per heavy atom. The van der Waals surface area contributed by atoms with Gasteiger partial charge in [-0.2, -0.15) is 9.36 Å². The van der Waals surface area contributed by atoms with Crippen LogP contribution in [-0.4, -0.2) is 32.1 Å². The fourth-order valence-electron chi connectivity index (χ4n) is 2.90. The molecule has 3 rings (SSSR count). The molecule has 0 spiro atoms. The van der Waals surface area contributed by atoms with E-state index in [0.717, 1.165) is 41.0 Å². The number of tetrazole rings is 1. The lowest BCUT2D eigenvalue weighted by Gasteiger charge is -2.13. The van der Waals surface area contributed by atoms with Gasteiger partial charge in [0.15, 0.2) is 0 Å². The van der Waals surface area contributed by atoms with Crippen molar-refractivity contribution in [3.8, 4) is 11.4 Å². The largest absolute Gasteiger partial charge is 0.489 e. The number of nitrogens with zero attached hydrogens (tertiary/aromatic N) is 5. The minimum absolute atomic E-state index is 0.298. The first kappa shape index (κ1) is 21.3. The minimum Gasteiger partial charge on any atom is -0.489 e. The summed E-state index contributed by atoms with van der Waals surface area (Å²) < 4.78 is 8.50. The van der Waals surface area contributed by atoms with E-state index in [1.165, 1.54) is 9.36 Å². The maximum Gasteiger partial charge on any atom is 0.368 e. The molecule has 0 N–H and O–H groups in total. The second-order valence-corrected chi connectivity index (χ2v) is 7.06. The summed E-state index contributed by atoms with van der Waals surface area (Å²) in [6, 6.07) is 13.4. The molecule has 0 amide bonds. The Labute approximate surface area is 175 Å². The first-order valence-corrected chi connectivity index (χ1v) is 9.99. The van der Waals surface area contributed by atoms with Gasteiger partial charge in [-0.1, -0.05) is 36.7 Å². The third kappa shape index (κ3) is 4.94. The highest BCUT2D eigenvalue weighted by molar-refractivity contribution is 5.98. The molecule has 0 saturated carbocycles. The van der Waals surface area contributed by atoms with Gasteiger partial charge >= 0.3 is 5.69 Å². The molecule has 0 aliphatic heterocycles. The molecular weight excluding hydrogens is 382 g/mol. The van der Waals surface area contributed by atoms with Crippen molar-refractivity contribution >= 4 is 5.71 Å². The van der Waals surface area contributed by atoms with Crippen molar-refractivity contribution in [2.24, 2.45) is 12.2 Å². The summed E-state index contributed by atoms with van der Waals surface area (Å²) in [5.41, 5.74) is 3.99. The van der Waals surface area contributed by atoms with Gasteiger partial charge in [0.2, 0.25) is 0 Å². The fourth-order valence-corrected chi connectivity index (χ4v) is 2.90. The van der Waals surface area contributed by atoms with Gasteiger partial charge in [0.25, 0.3) is 0 Å². The van der Waals surface area contributed by atoms with Crippen LogP contribution in [0.15, 0.2) is 52.4 Å². The number of aromatic nitrogens is 4. The molecular formula is C22H27N5O3. The summed E-state index contributed by atoms with van der Waals surface area (Å²) in [6.45, 7) is 6.96. The van der Waals surface area contributed by atoms with Crippen molar-refractivity contribution in [2.75, 3.05) is 6.61 Å². The Bertz CT molecular complexity index is 1080. The number of benzene rings is 2. The van der Waals surface area contributed by atoms with E-state index in [9.17, 15) is 4.79 Å². The van der Waals surface area contributed by atoms with Crippen LogP contribution >= 0.6 is 0 Å². The van der Waals surface area contributed by atoms with Crippen LogP contribution in [0.25, 0.3) is 5.69 Å². The summed E-state index contributed by atoms with van der Waals surface area (Å²) in [4.78, 5) is 17.5. The van der Waals surface area contributed by atoms with Crippen molar-refractivity contribution in [1.82, 2.24) is 19.8 Å². The van der Waals surface area contributed by atoms with E-state index in [2.05, 4.69) is 22.5 Å². The van der Waals surface area contributed by atoms with Crippen LogP contribution in [0, 0.1) is 6.92 Å². The molecule has 0 aliphatic carbocycles. The van der Waals surface area contributed by atoms with Crippen LogP contribution in [0.4, 0.5) is 0 Å². The Hall–Kier alpha value is -3.42. The van der Waals surface area contributed by atoms with Crippen molar-refractivity contribution in [3.05, 3.63) is 69.6 Å². The molecule has 0 aliphatic rings. The molecule has 3 aromatic rings. The zero-order valence-electron chi connectivity index (χ0n) is 17.8. The van der Waals surface area contributed by atoms with Crippen molar-refractivity contribution in [2.45, 2.75) is 40.2 Å². The molecule has 158 valence electrons. The van der Waals surface area contributed by atoms with Crippen LogP contribution in [0.1, 0.15) is 43.4 Å². The molecule has 0 radical (unpaired) electrons. The summed E-state index contributed by atoms with van der Waals surface area (Å²) >= 11 is 0. The van der Waals surface area contributed by atoms with Gasteiger partial charge in [-0.3, -0.25) is 0 Å². The van der Waals surface area contributed by atoms with Crippen molar-refractivity contribution < 1.29 is 9.57 Å². The number of hydrogen-bond donors (Lipinski definition) is 0. The third-order valence-electron chi connectivity index (χ3n) is 4.71. The summed E-state index contributed by atoms with van der Waals surface area (Å²) in [6.07, 6.45) is 2.07. The van der Waals surface area contributed by atoms with E-state index in [-0.39, 0.29) is 5.69 Å². The lowest BCUT2D eigenvalue weighted by molar-refractivity contribution is 0.141. The summed E-state index contributed by atoms with van der Waals surface area (Å²) in [5.74, 6) is 0.764. The smallest absolute Gasteiger partial charge is 0.368 e. The van der Waals surface area contributed by atoms with Crippen molar-refractivity contribution in [1.29, 1.82) is 0 Å². The standard InChI is InChI=1S/C22H27N5O3/c1-5-6-13-30-23-17(3)18-11-12-21(16(2)14-18)29-15-19-9-7-8-10-20(19)27-22(28)26(4)24-25-27/h7-12,14H,5-6,13,15H2,1-4H3. The first-order chi connectivity index (χ1) is 14.5. The molecule has 8 heteroatoms. The molecule has 1 aromatic heterocycles. The SMILES string of the molecule is CCCCON=C(C)c1ccc(OCc2ccccc2-n2nnn(C)c2=O)c(C)c1. The topological polar surface area (TPSA) is 83.5 Å². The predicted molar refractivity (Wildman–Crippen MR) is 115 cm³/mol. The number of ether oxygens (including phenoxy) is 1. The van der Waals surface area contributed by atoms with E-state index in [0.29, 0.717) is 18.9 Å². The molecule has 0 atom stereocenters. The monoisotopic (exact) mass is 409 g/mol. The number of aryl methyl sites for hydroxylation is 2. The third-order valence-corrected chi connectivity index (χ3v) is 4.71. The van der Waals surface area contributed by atoms with E-state index >= 15 is 0 Å². The zero-order valence-corrected chi connectivity index (χ0v) is 17.8. The Balaban J connectivity index is 1.73. The highest BCUT2D eigenvalue weighted by Crippen LogP contribution is 2.22. The molecule has 0 bridgehead atoms. The van der Waals surface area contributed by atoms with Gasteiger partial charge < -0.3 is 9.57 Å². The molecule has 30 heavy (non-hydrogen) atoms. The van der Waals surface area contributed by atoms with E-state index in [1.54, 1.807) is 7.05 Å². The summed E-state index contributed by atoms with van der Waals surface area (Å²) in [7, 11) is 1.57. The second kappa shape index (κ2) is 9.87. The first-order valence-electron chi connectivity index (χ1n) is 9.99. The van der Waals surface area contributed by atoms with Gasteiger partial charge in [0, 0.05) is 12.6 Å². The molecule has 2 aromatic carbocycles. The maximum atomic E-state index is 12.2. The highest BCUT2D eigenvalue weighted by atomic mass is 16.6. The number of para-hydroxylation sites is 1. The lowest BCUT2D eigenvalue weighted by Crippen LogP contribution is -2.23. The molecule has 1 heterocycles. The number of oxime groups is 1. The van der Waals surface area contributed by atoms with Gasteiger partial charge in [0.05, 0.1) is 11.4 Å². The second-order valence-electron chi connectivity index (χ2n) is 7.06. The van der Waals surface area contributed by atoms with Crippen LogP contribution in [0.3, 0.4) is 0 Å². The number of rotatable bonds is 9. The Morgan fingerprint density at radius 3 is 2.67 bits per heavy atom. The quantitative estimate of drug-likeness (QED) is 0.307. The van der Waals surface area contributed by atoms with Crippen LogP contribution in [0.2, 0.25) is 0 Å². The lowest BCUT2D eigenvalue weighted by atomic mass is 10.1. The average molecular weight is 409 g/mol. The molecule has 8 nitrogen and oxygen atoms in total. The van der Waals surface area contributed by atoms with Gasteiger partial charge in [-0.05, 0) is 66.1 Å².